The van der Waals surface area contributed by atoms with E-state index in [0.29, 0.717) is 22.2 Å². The lowest BCUT2D eigenvalue weighted by molar-refractivity contribution is -0.122. The fraction of sp³-hybridized carbons (Fsp3) is 0.0800. The van der Waals surface area contributed by atoms with Gasteiger partial charge in [-0.1, -0.05) is 41.6 Å². The second kappa shape index (κ2) is 10.3. The van der Waals surface area contributed by atoms with Crippen LogP contribution >= 0.6 is 35.6 Å². The van der Waals surface area contributed by atoms with Crippen LogP contribution in [0.2, 0.25) is 5.02 Å². The largest absolute Gasteiger partial charge is 0.497 e. The van der Waals surface area contributed by atoms with Gasteiger partial charge in [0.2, 0.25) is 0 Å². The van der Waals surface area contributed by atoms with Crippen LogP contribution in [0.1, 0.15) is 5.56 Å². The summed E-state index contributed by atoms with van der Waals surface area (Å²) in [4.78, 5) is 29.3. The fourth-order valence-electron chi connectivity index (χ4n) is 3.32. The number of rotatable bonds is 6. The van der Waals surface area contributed by atoms with Gasteiger partial charge in [-0.05, 0) is 66.3 Å². The molecular weight excluding hydrogens is 492 g/mol. The molecule has 0 unspecified atom stereocenters. The Labute approximate surface area is 211 Å². The molecular formula is C25H19ClN2O4S2. The highest BCUT2D eigenvalue weighted by Crippen LogP contribution is 2.36. The van der Waals surface area contributed by atoms with Crippen molar-refractivity contribution >= 4 is 64.3 Å². The molecule has 172 valence electrons. The Morgan fingerprint density at radius 1 is 1.00 bits per heavy atom. The van der Waals surface area contributed by atoms with E-state index in [4.69, 9.17) is 33.3 Å². The van der Waals surface area contributed by atoms with E-state index in [1.54, 1.807) is 24.3 Å². The van der Waals surface area contributed by atoms with E-state index in [-0.39, 0.29) is 10.7 Å². The van der Waals surface area contributed by atoms with E-state index in [1.165, 1.54) is 30.9 Å². The van der Waals surface area contributed by atoms with E-state index >= 15 is 0 Å². The number of anilines is 1. The van der Waals surface area contributed by atoms with Crippen LogP contribution in [-0.4, -0.2) is 31.1 Å². The molecule has 6 nitrogen and oxygen atoms in total. The third-order valence-corrected chi connectivity index (χ3v) is 6.63. The standard InChI is InChI=1S/C25H19ClN2O4S2/c1-31-17-9-12-20(21(14-17)32-2)28-24(30)19(23(29)27-25(28)33)13-15-5-3-4-6-22(15)34-18-10-7-16(26)8-11-18/h3-14H,1-2H3,(H,27,29,33)/b19-13-. The molecule has 1 aliphatic rings. The molecule has 0 bridgehead atoms. The molecule has 4 rings (SSSR count). The minimum absolute atomic E-state index is 0.0283. The zero-order valence-corrected chi connectivity index (χ0v) is 20.6. The highest BCUT2D eigenvalue weighted by molar-refractivity contribution is 7.99. The zero-order chi connectivity index (χ0) is 24.2. The summed E-state index contributed by atoms with van der Waals surface area (Å²) in [6.07, 6.45) is 1.57. The maximum atomic E-state index is 13.5. The fourth-order valence-corrected chi connectivity index (χ4v) is 4.64. The molecule has 34 heavy (non-hydrogen) atoms. The van der Waals surface area contributed by atoms with Gasteiger partial charge in [0, 0.05) is 20.9 Å². The van der Waals surface area contributed by atoms with Crippen molar-refractivity contribution in [1.29, 1.82) is 0 Å². The zero-order valence-electron chi connectivity index (χ0n) is 18.2. The first kappa shape index (κ1) is 23.8. The third kappa shape index (κ3) is 4.94. The number of halogens is 1. The Morgan fingerprint density at radius 3 is 2.44 bits per heavy atom. The molecule has 0 aromatic heterocycles. The molecule has 9 heteroatoms. The van der Waals surface area contributed by atoms with Gasteiger partial charge >= 0.3 is 0 Å². The summed E-state index contributed by atoms with van der Waals surface area (Å²) in [5.41, 5.74) is 1.07. The number of carbonyl (C=O) groups excluding carboxylic acids is 2. The Bertz CT molecular complexity index is 1310. The first-order valence-electron chi connectivity index (χ1n) is 10.1. The summed E-state index contributed by atoms with van der Waals surface area (Å²) in [7, 11) is 3.01. The highest BCUT2D eigenvalue weighted by Gasteiger charge is 2.36. The molecule has 0 aliphatic carbocycles. The lowest BCUT2D eigenvalue weighted by Crippen LogP contribution is -2.54. The summed E-state index contributed by atoms with van der Waals surface area (Å²) in [6, 6.07) is 19.9. The van der Waals surface area contributed by atoms with Crippen LogP contribution in [0.15, 0.2) is 82.1 Å². The third-order valence-electron chi connectivity index (χ3n) is 4.99. The number of ether oxygens (including phenoxy) is 2. The number of hydrogen-bond acceptors (Lipinski definition) is 6. The Hall–Kier alpha value is -3.33. The minimum atomic E-state index is -0.565. The first-order valence-corrected chi connectivity index (χ1v) is 11.7. The second-order valence-electron chi connectivity index (χ2n) is 7.09. The van der Waals surface area contributed by atoms with Crippen molar-refractivity contribution in [3.63, 3.8) is 0 Å². The summed E-state index contributed by atoms with van der Waals surface area (Å²) < 4.78 is 10.7. The van der Waals surface area contributed by atoms with E-state index < -0.39 is 11.8 Å². The number of benzene rings is 3. The molecule has 1 fully saturated rings. The second-order valence-corrected chi connectivity index (χ2v) is 9.03. The normalized spacial score (nSPS) is 14.9. The van der Waals surface area contributed by atoms with Crippen molar-refractivity contribution in [1.82, 2.24) is 5.32 Å². The maximum absolute atomic E-state index is 13.5. The molecule has 2 amide bonds. The molecule has 3 aromatic rings. The molecule has 0 radical (unpaired) electrons. The highest BCUT2D eigenvalue weighted by atomic mass is 35.5. The summed E-state index contributed by atoms with van der Waals surface area (Å²) in [5.74, 6) is -0.179. The van der Waals surface area contributed by atoms with E-state index in [1.807, 2.05) is 48.5 Å². The molecule has 1 aliphatic heterocycles. The maximum Gasteiger partial charge on any atom is 0.270 e. The number of amides is 2. The van der Waals surface area contributed by atoms with Gasteiger partial charge < -0.3 is 9.47 Å². The first-order chi connectivity index (χ1) is 16.4. The SMILES string of the molecule is COc1ccc(N2C(=O)/C(=C\c3ccccc3Sc3ccc(Cl)cc3)C(=O)NC2=S)c(OC)c1. The lowest BCUT2D eigenvalue weighted by atomic mass is 10.1. The van der Waals surface area contributed by atoms with Crippen LogP contribution < -0.4 is 19.7 Å². The van der Waals surface area contributed by atoms with Gasteiger partial charge in [0.15, 0.2) is 5.11 Å². The summed E-state index contributed by atoms with van der Waals surface area (Å²) in [5, 5.41) is 3.22. The molecule has 3 aromatic carbocycles. The average Bonchev–Trinajstić information content (AvgIpc) is 2.84. The number of nitrogens with one attached hydrogen (secondary N) is 1. The smallest absolute Gasteiger partial charge is 0.270 e. The van der Waals surface area contributed by atoms with E-state index in [9.17, 15) is 9.59 Å². The van der Waals surface area contributed by atoms with Crippen LogP contribution in [0.4, 0.5) is 5.69 Å². The van der Waals surface area contributed by atoms with Crippen LogP contribution in [0, 0.1) is 0 Å². The molecule has 0 saturated carbocycles. The van der Waals surface area contributed by atoms with Gasteiger partial charge in [-0.2, -0.15) is 0 Å². The van der Waals surface area contributed by atoms with Gasteiger partial charge in [0.1, 0.15) is 17.1 Å². The molecule has 0 spiro atoms. The van der Waals surface area contributed by atoms with Gasteiger partial charge in [-0.3, -0.25) is 14.9 Å². The van der Waals surface area contributed by atoms with Crippen LogP contribution in [-0.2, 0) is 9.59 Å². The average molecular weight is 511 g/mol. The van der Waals surface area contributed by atoms with Crippen molar-refractivity contribution < 1.29 is 19.1 Å². The van der Waals surface area contributed by atoms with Crippen molar-refractivity contribution in [2.45, 2.75) is 9.79 Å². The van der Waals surface area contributed by atoms with Crippen molar-refractivity contribution in [2.24, 2.45) is 0 Å². The quantitative estimate of drug-likeness (QED) is 0.274. The lowest BCUT2D eigenvalue weighted by Gasteiger charge is -2.30. The monoisotopic (exact) mass is 510 g/mol. The predicted octanol–water partition coefficient (Wildman–Crippen LogP) is 5.34. The van der Waals surface area contributed by atoms with Gasteiger partial charge in [-0.25, -0.2) is 4.90 Å². The van der Waals surface area contributed by atoms with Gasteiger partial charge in [0.05, 0.1) is 19.9 Å². The number of nitrogens with zero attached hydrogens (tertiary/aromatic N) is 1. The summed E-state index contributed by atoms with van der Waals surface area (Å²) >= 11 is 12.8. The Balaban J connectivity index is 1.72. The van der Waals surface area contributed by atoms with Gasteiger partial charge in [0.25, 0.3) is 11.8 Å². The van der Waals surface area contributed by atoms with Crippen LogP contribution in [0.25, 0.3) is 6.08 Å². The number of carbonyl (C=O) groups is 2. The predicted molar refractivity (Wildman–Crippen MR) is 138 cm³/mol. The Morgan fingerprint density at radius 2 is 1.74 bits per heavy atom. The molecule has 0 atom stereocenters. The minimum Gasteiger partial charge on any atom is -0.497 e. The molecule has 1 saturated heterocycles. The topological polar surface area (TPSA) is 67.9 Å². The van der Waals surface area contributed by atoms with E-state index in [2.05, 4.69) is 5.32 Å². The summed E-state index contributed by atoms with van der Waals surface area (Å²) in [6.45, 7) is 0. The van der Waals surface area contributed by atoms with Crippen LogP contribution in [0.3, 0.4) is 0 Å². The van der Waals surface area contributed by atoms with Gasteiger partial charge in [-0.15, -0.1) is 0 Å². The Kier molecular flexibility index (Phi) is 7.21. The van der Waals surface area contributed by atoms with Crippen LogP contribution in [0.5, 0.6) is 11.5 Å². The molecule has 1 heterocycles. The van der Waals surface area contributed by atoms with Crippen molar-refractivity contribution in [3.05, 3.63) is 82.9 Å². The van der Waals surface area contributed by atoms with Crippen molar-refractivity contribution in [2.75, 3.05) is 19.1 Å². The number of methoxy groups -OCH3 is 2. The van der Waals surface area contributed by atoms with E-state index in [0.717, 1.165) is 15.4 Å². The molecule has 1 N–H and O–H groups in total. The number of hydrogen-bond donors (Lipinski definition) is 1. The number of thiocarbonyl (C=S) groups is 1. The van der Waals surface area contributed by atoms with Crippen molar-refractivity contribution in [3.8, 4) is 11.5 Å².